The predicted molar refractivity (Wildman–Crippen MR) is 82.9 cm³/mol. The molecule has 121 valence electrons. The number of hydrogen-bond acceptors (Lipinski definition) is 3. The van der Waals surface area contributed by atoms with Crippen molar-refractivity contribution >= 4 is 12.0 Å². The van der Waals surface area contributed by atoms with Gasteiger partial charge in [-0.1, -0.05) is 39.5 Å². The van der Waals surface area contributed by atoms with E-state index < -0.39 is 0 Å². The van der Waals surface area contributed by atoms with Crippen molar-refractivity contribution in [2.75, 3.05) is 32.8 Å². The molecule has 1 radical (unpaired) electrons. The molecule has 0 unspecified atom stereocenters. The minimum atomic E-state index is -0.241. The third-order valence-electron chi connectivity index (χ3n) is 3.75. The summed E-state index contributed by atoms with van der Waals surface area (Å²) in [6.07, 6.45) is 6.26. The van der Waals surface area contributed by atoms with Crippen LogP contribution in [0, 0.1) is 6.92 Å². The lowest BCUT2D eigenvalue weighted by molar-refractivity contribution is -0.132. The molecule has 2 amide bonds. The van der Waals surface area contributed by atoms with E-state index in [-0.39, 0.29) is 12.0 Å². The number of piperazine rings is 1. The minimum absolute atomic E-state index is 0.194. The molecule has 0 aliphatic carbocycles. The first-order valence-corrected chi connectivity index (χ1v) is 8.17. The molecule has 0 aromatic rings. The van der Waals surface area contributed by atoms with Crippen LogP contribution in [0.15, 0.2) is 0 Å². The lowest BCUT2D eigenvalue weighted by Crippen LogP contribution is -2.50. The molecule has 5 nitrogen and oxygen atoms in total. The predicted octanol–water partition coefficient (Wildman–Crippen LogP) is 2.85. The molecular weight excluding hydrogens is 268 g/mol. The summed E-state index contributed by atoms with van der Waals surface area (Å²) in [6, 6.07) is 0. The van der Waals surface area contributed by atoms with Crippen LogP contribution in [-0.4, -0.2) is 54.6 Å². The van der Waals surface area contributed by atoms with Gasteiger partial charge in [-0.05, 0) is 12.8 Å². The average molecular weight is 297 g/mol. The summed E-state index contributed by atoms with van der Waals surface area (Å²) in [6.45, 7) is 8.79. The maximum atomic E-state index is 12.0. The molecule has 5 heteroatoms. The Labute approximate surface area is 128 Å². The van der Waals surface area contributed by atoms with Gasteiger partial charge in [0.1, 0.15) is 0 Å². The van der Waals surface area contributed by atoms with Crippen molar-refractivity contribution in [3.63, 3.8) is 0 Å². The van der Waals surface area contributed by atoms with Crippen LogP contribution in [0.3, 0.4) is 0 Å². The maximum absolute atomic E-state index is 12.0. The van der Waals surface area contributed by atoms with E-state index in [1.807, 2.05) is 4.90 Å². The van der Waals surface area contributed by atoms with E-state index in [0.717, 1.165) is 38.5 Å². The van der Waals surface area contributed by atoms with Crippen molar-refractivity contribution in [1.29, 1.82) is 0 Å². The molecule has 1 saturated heterocycles. The fourth-order valence-electron chi connectivity index (χ4n) is 2.35. The van der Waals surface area contributed by atoms with Gasteiger partial charge in [-0.25, -0.2) is 4.79 Å². The van der Waals surface area contributed by atoms with Crippen LogP contribution >= 0.6 is 0 Å². The first-order valence-electron chi connectivity index (χ1n) is 8.17. The molecular formula is C16H29N2O3. The number of carbonyl (C=O) groups is 2. The lowest BCUT2D eigenvalue weighted by Gasteiger charge is -2.34. The van der Waals surface area contributed by atoms with Gasteiger partial charge in [0, 0.05) is 32.6 Å². The molecule has 1 aliphatic rings. The summed E-state index contributed by atoms with van der Waals surface area (Å²) in [5.41, 5.74) is 0. The van der Waals surface area contributed by atoms with Crippen LogP contribution in [0.5, 0.6) is 0 Å². The zero-order chi connectivity index (χ0) is 15.5. The van der Waals surface area contributed by atoms with E-state index in [0.29, 0.717) is 39.2 Å². The molecule has 1 aliphatic heterocycles. The zero-order valence-electron chi connectivity index (χ0n) is 13.3. The van der Waals surface area contributed by atoms with Gasteiger partial charge in [-0.2, -0.15) is 0 Å². The minimum Gasteiger partial charge on any atom is -0.449 e. The number of nitrogens with zero attached hydrogens (tertiary/aromatic N) is 2. The highest BCUT2D eigenvalue weighted by Crippen LogP contribution is 2.08. The van der Waals surface area contributed by atoms with E-state index in [1.165, 1.54) is 0 Å². The molecule has 0 bridgehead atoms. The van der Waals surface area contributed by atoms with Crippen molar-refractivity contribution in [3.8, 4) is 0 Å². The Morgan fingerprint density at radius 2 is 1.67 bits per heavy atom. The lowest BCUT2D eigenvalue weighted by atomic mass is 10.2. The number of ether oxygens (including phenoxy) is 1. The standard InChI is InChI=1S/C16H29N2O3/c1-3-5-7-9-15(19)17-10-12-18(13-11-17)16(20)21-14-8-6-4-2/h1,3-14H2,2H3. The Hall–Kier alpha value is -1.26. The van der Waals surface area contributed by atoms with Crippen molar-refractivity contribution in [2.45, 2.75) is 51.9 Å². The molecule has 0 aromatic carbocycles. The summed E-state index contributed by atoms with van der Waals surface area (Å²) >= 11 is 0. The van der Waals surface area contributed by atoms with Crippen molar-refractivity contribution in [1.82, 2.24) is 9.80 Å². The largest absolute Gasteiger partial charge is 0.449 e. The number of rotatable bonds is 8. The average Bonchev–Trinajstić information content (AvgIpc) is 2.51. The number of hydrogen-bond donors (Lipinski definition) is 0. The summed E-state index contributed by atoms with van der Waals surface area (Å²) < 4.78 is 5.24. The molecule has 0 aromatic heterocycles. The molecule has 0 saturated carbocycles. The second-order valence-corrected chi connectivity index (χ2v) is 5.50. The first-order chi connectivity index (χ1) is 10.2. The van der Waals surface area contributed by atoms with Gasteiger partial charge in [-0.15, -0.1) is 0 Å². The van der Waals surface area contributed by atoms with E-state index in [2.05, 4.69) is 13.8 Å². The van der Waals surface area contributed by atoms with Crippen molar-refractivity contribution < 1.29 is 14.3 Å². The Morgan fingerprint density at radius 1 is 1.00 bits per heavy atom. The van der Waals surface area contributed by atoms with Crippen LogP contribution in [0.1, 0.15) is 51.9 Å². The van der Waals surface area contributed by atoms with Crippen LogP contribution in [-0.2, 0) is 9.53 Å². The van der Waals surface area contributed by atoms with Crippen LogP contribution in [0.2, 0.25) is 0 Å². The highest BCUT2D eigenvalue weighted by Gasteiger charge is 2.24. The fourth-order valence-corrected chi connectivity index (χ4v) is 2.35. The molecule has 1 fully saturated rings. The number of unbranched alkanes of at least 4 members (excludes halogenated alkanes) is 4. The van der Waals surface area contributed by atoms with Crippen LogP contribution in [0.4, 0.5) is 4.79 Å². The Bertz CT molecular complexity index is 313. The van der Waals surface area contributed by atoms with Gasteiger partial charge in [0.05, 0.1) is 6.61 Å². The Morgan fingerprint density at radius 3 is 2.29 bits per heavy atom. The summed E-state index contributed by atoms with van der Waals surface area (Å²) in [7, 11) is 0. The van der Waals surface area contributed by atoms with E-state index in [4.69, 9.17) is 4.74 Å². The highest BCUT2D eigenvalue weighted by molar-refractivity contribution is 5.76. The summed E-state index contributed by atoms with van der Waals surface area (Å²) in [5, 5.41) is 0. The normalized spacial score (nSPS) is 15.1. The van der Waals surface area contributed by atoms with E-state index in [9.17, 15) is 9.59 Å². The van der Waals surface area contributed by atoms with Gasteiger partial charge in [0.25, 0.3) is 0 Å². The molecule has 1 heterocycles. The van der Waals surface area contributed by atoms with Crippen LogP contribution < -0.4 is 0 Å². The van der Waals surface area contributed by atoms with Crippen molar-refractivity contribution in [2.24, 2.45) is 0 Å². The van der Waals surface area contributed by atoms with E-state index in [1.54, 1.807) is 4.90 Å². The van der Waals surface area contributed by atoms with Crippen molar-refractivity contribution in [3.05, 3.63) is 6.92 Å². The molecule has 0 spiro atoms. The van der Waals surface area contributed by atoms with E-state index >= 15 is 0 Å². The molecule has 0 N–H and O–H groups in total. The zero-order valence-corrected chi connectivity index (χ0v) is 13.3. The first kappa shape index (κ1) is 17.8. The maximum Gasteiger partial charge on any atom is 0.409 e. The number of carbonyl (C=O) groups excluding carboxylic acids is 2. The summed E-state index contributed by atoms with van der Waals surface area (Å²) in [5.74, 6) is 0.194. The Balaban J connectivity index is 2.18. The fraction of sp³-hybridized carbons (Fsp3) is 0.812. The topological polar surface area (TPSA) is 49.9 Å². The second-order valence-electron chi connectivity index (χ2n) is 5.50. The molecule has 0 atom stereocenters. The van der Waals surface area contributed by atoms with Gasteiger partial charge >= 0.3 is 6.09 Å². The summed E-state index contributed by atoms with van der Waals surface area (Å²) in [4.78, 5) is 27.4. The van der Waals surface area contributed by atoms with Gasteiger partial charge < -0.3 is 14.5 Å². The number of amides is 2. The second kappa shape index (κ2) is 10.5. The van der Waals surface area contributed by atoms with Gasteiger partial charge in [-0.3, -0.25) is 4.79 Å². The smallest absolute Gasteiger partial charge is 0.409 e. The van der Waals surface area contributed by atoms with Gasteiger partial charge in [0.15, 0.2) is 0 Å². The monoisotopic (exact) mass is 297 g/mol. The third-order valence-corrected chi connectivity index (χ3v) is 3.75. The SMILES string of the molecule is [CH2]CCCCC(=O)N1CCN(C(=O)OCCCCC)CC1. The molecule has 21 heavy (non-hydrogen) atoms. The van der Waals surface area contributed by atoms with Gasteiger partial charge in [0.2, 0.25) is 5.91 Å². The quantitative estimate of drug-likeness (QED) is 0.647. The molecule has 1 rings (SSSR count). The van der Waals surface area contributed by atoms with Crippen LogP contribution in [0.25, 0.3) is 0 Å². The Kier molecular flexibility index (Phi) is 8.87. The third kappa shape index (κ3) is 6.82. The highest BCUT2D eigenvalue weighted by atomic mass is 16.6.